The molecule has 7 heteroatoms. The maximum Gasteiger partial charge on any atom is 0.337 e. The summed E-state index contributed by atoms with van der Waals surface area (Å²) in [6.45, 7) is 0. The Morgan fingerprint density at radius 2 is 1.81 bits per heavy atom. The first-order chi connectivity index (χ1) is 13.1. The number of thiophene rings is 1. The SMILES string of the molecule is COC(=O)c1cccc(-n2c(=O)[nH]c3cc(-c4ccccc4)sc3c2=O)c1. The van der Waals surface area contributed by atoms with E-state index < -0.39 is 17.2 Å². The number of H-pyrrole nitrogens is 1. The van der Waals surface area contributed by atoms with Crippen molar-refractivity contribution in [3.05, 3.63) is 87.1 Å². The Morgan fingerprint density at radius 3 is 2.56 bits per heavy atom. The molecule has 1 N–H and O–H groups in total. The third-order valence-corrected chi connectivity index (χ3v) is 5.33. The number of nitrogens with zero attached hydrogens (tertiary/aromatic N) is 1. The number of hydrogen-bond acceptors (Lipinski definition) is 5. The second-order valence-electron chi connectivity index (χ2n) is 5.83. The molecule has 0 aliphatic heterocycles. The van der Waals surface area contributed by atoms with Crippen LogP contribution in [0.25, 0.3) is 26.3 Å². The molecule has 134 valence electrons. The molecule has 0 saturated carbocycles. The first-order valence-corrected chi connectivity index (χ1v) is 8.93. The summed E-state index contributed by atoms with van der Waals surface area (Å²) in [5.74, 6) is -0.537. The highest BCUT2D eigenvalue weighted by atomic mass is 32.1. The lowest BCUT2D eigenvalue weighted by Crippen LogP contribution is -2.33. The van der Waals surface area contributed by atoms with Crippen LogP contribution in [0.2, 0.25) is 0 Å². The lowest BCUT2D eigenvalue weighted by molar-refractivity contribution is 0.0600. The van der Waals surface area contributed by atoms with Gasteiger partial charge in [0.2, 0.25) is 0 Å². The van der Waals surface area contributed by atoms with Crippen LogP contribution < -0.4 is 11.2 Å². The summed E-state index contributed by atoms with van der Waals surface area (Å²) in [7, 11) is 1.27. The van der Waals surface area contributed by atoms with Gasteiger partial charge in [-0.25, -0.2) is 14.2 Å². The van der Waals surface area contributed by atoms with Gasteiger partial charge in [0.25, 0.3) is 5.56 Å². The number of methoxy groups -OCH3 is 1. The van der Waals surface area contributed by atoms with E-state index in [0.717, 1.165) is 15.0 Å². The Balaban J connectivity index is 1.92. The maximum absolute atomic E-state index is 13.0. The number of carbonyl (C=O) groups is 1. The Morgan fingerprint density at radius 1 is 1.04 bits per heavy atom. The van der Waals surface area contributed by atoms with Crippen molar-refractivity contribution in [1.29, 1.82) is 0 Å². The van der Waals surface area contributed by atoms with Crippen LogP contribution in [0.1, 0.15) is 10.4 Å². The average Bonchev–Trinajstić information content (AvgIpc) is 3.12. The van der Waals surface area contributed by atoms with Crippen molar-refractivity contribution in [3.8, 4) is 16.1 Å². The minimum atomic E-state index is -0.563. The van der Waals surface area contributed by atoms with E-state index in [1.807, 2.05) is 30.3 Å². The number of esters is 1. The third-order valence-electron chi connectivity index (χ3n) is 4.16. The number of benzene rings is 2. The molecule has 2 aromatic carbocycles. The zero-order valence-electron chi connectivity index (χ0n) is 14.3. The fourth-order valence-electron chi connectivity index (χ4n) is 2.88. The molecule has 0 amide bonds. The highest BCUT2D eigenvalue weighted by Gasteiger charge is 2.15. The summed E-state index contributed by atoms with van der Waals surface area (Å²) in [6, 6.07) is 17.7. The number of hydrogen-bond donors (Lipinski definition) is 1. The van der Waals surface area contributed by atoms with E-state index in [4.69, 9.17) is 4.74 Å². The van der Waals surface area contributed by atoms with Gasteiger partial charge in [0.05, 0.1) is 23.9 Å². The predicted molar refractivity (Wildman–Crippen MR) is 105 cm³/mol. The van der Waals surface area contributed by atoms with Gasteiger partial charge in [0, 0.05) is 4.88 Å². The van der Waals surface area contributed by atoms with Crippen LogP contribution in [0.5, 0.6) is 0 Å². The Labute approximate surface area is 157 Å². The van der Waals surface area contributed by atoms with E-state index in [9.17, 15) is 14.4 Å². The Hall–Kier alpha value is -3.45. The van der Waals surface area contributed by atoms with E-state index in [1.165, 1.54) is 24.5 Å². The summed E-state index contributed by atoms with van der Waals surface area (Å²) in [6.07, 6.45) is 0. The smallest absolute Gasteiger partial charge is 0.337 e. The first kappa shape index (κ1) is 17.0. The van der Waals surface area contributed by atoms with Crippen LogP contribution in [0, 0.1) is 0 Å². The average molecular weight is 378 g/mol. The number of nitrogens with one attached hydrogen (secondary N) is 1. The summed E-state index contributed by atoms with van der Waals surface area (Å²) in [5.41, 5.74) is 1.04. The fourth-order valence-corrected chi connectivity index (χ4v) is 3.93. The molecule has 0 atom stereocenters. The number of carbonyl (C=O) groups excluding carboxylic acids is 1. The fraction of sp³-hybridized carbons (Fsp3) is 0.0500. The van der Waals surface area contributed by atoms with Crippen LogP contribution in [0.15, 0.2) is 70.3 Å². The van der Waals surface area contributed by atoms with E-state index in [0.29, 0.717) is 15.9 Å². The third kappa shape index (κ3) is 2.98. The van der Waals surface area contributed by atoms with Crippen LogP contribution >= 0.6 is 11.3 Å². The van der Waals surface area contributed by atoms with Crippen LogP contribution in [0.3, 0.4) is 0 Å². The molecule has 0 bridgehead atoms. The molecule has 4 rings (SSSR count). The van der Waals surface area contributed by atoms with E-state index >= 15 is 0 Å². The molecule has 2 aromatic heterocycles. The molecule has 0 fully saturated rings. The normalized spacial score (nSPS) is 10.9. The number of aromatic amines is 1. The Bertz CT molecular complexity index is 1270. The maximum atomic E-state index is 13.0. The monoisotopic (exact) mass is 378 g/mol. The van der Waals surface area contributed by atoms with E-state index in [2.05, 4.69) is 4.98 Å². The van der Waals surface area contributed by atoms with Crippen LogP contribution in [0.4, 0.5) is 0 Å². The first-order valence-electron chi connectivity index (χ1n) is 8.11. The van der Waals surface area contributed by atoms with Gasteiger partial charge >= 0.3 is 11.7 Å². The summed E-state index contributed by atoms with van der Waals surface area (Å²) < 4.78 is 6.17. The molecule has 0 aliphatic rings. The molecule has 0 unspecified atom stereocenters. The molecule has 2 heterocycles. The van der Waals surface area contributed by atoms with Crippen molar-refractivity contribution < 1.29 is 9.53 Å². The topological polar surface area (TPSA) is 81.2 Å². The van der Waals surface area contributed by atoms with Crippen molar-refractivity contribution >= 4 is 27.5 Å². The van der Waals surface area contributed by atoms with E-state index in [-0.39, 0.29) is 5.56 Å². The van der Waals surface area contributed by atoms with Gasteiger partial charge in [0.15, 0.2) is 0 Å². The molecule has 0 radical (unpaired) electrons. The number of fused-ring (bicyclic) bond motifs is 1. The molecule has 6 nitrogen and oxygen atoms in total. The molecular formula is C20H14N2O4S. The van der Waals surface area contributed by atoms with E-state index in [1.54, 1.807) is 24.3 Å². The zero-order chi connectivity index (χ0) is 19.0. The number of aromatic nitrogens is 2. The standard InChI is InChI=1S/C20H14N2O4S/c1-26-19(24)13-8-5-9-14(10-13)22-18(23)17-15(21-20(22)25)11-16(27-17)12-6-3-2-4-7-12/h2-11H,1H3,(H,21,25). The van der Waals surface area contributed by atoms with Crippen LogP contribution in [-0.2, 0) is 4.74 Å². The molecule has 0 aliphatic carbocycles. The van der Waals surface area contributed by atoms with Gasteiger partial charge in [0.1, 0.15) is 4.70 Å². The predicted octanol–water partition coefficient (Wildman–Crippen LogP) is 3.19. The van der Waals surface area contributed by atoms with Crippen molar-refractivity contribution in [1.82, 2.24) is 9.55 Å². The molecule has 27 heavy (non-hydrogen) atoms. The van der Waals surface area contributed by atoms with Crippen molar-refractivity contribution in [2.75, 3.05) is 7.11 Å². The lowest BCUT2D eigenvalue weighted by Gasteiger charge is -2.06. The second-order valence-corrected chi connectivity index (χ2v) is 6.88. The minimum absolute atomic E-state index is 0.262. The van der Waals surface area contributed by atoms with Gasteiger partial charge in [-0.1, -0.05) is 36.4 Å². The van der Waals surface area contributed by atoms with Crippen molar-refractivity contribution in [3.63, 3.8) is 0 Å². The lowest BCUT2D eigenvalue weighted by atomic mass is 10.2. The van der Waals surface area contributed by atoms with Gasteiger partial charge < -0.3 is 9.72 Å². The quantitative estimate of drug-likeness (QED) is 0.555. The van der Waals surface area contributed by atoms with Crippen molar-refractivity contribution in [2.45, 2.75) is 0 Å². The van der Waals surface area contributed by atoms with Gasteiger partial charge in [-0.05, 0) is 29.8 Å². The minimum Gasteiger partial charge on any atom is -0.465 e. The molecule has 0 saturated heterocycles. The zero-order valence-corrected chi connectivity index (χ0v) is 15.1. The number of ether oxygens (including phenoxy) is 1. The number of rotatable bonds is 3. The van der Waals surface area contributed by atoms with Gasteiger partial charge in [-0.3, -0.25) is 4.79 Å². The highest BCUT2D eigenvalue weighted by Crippen LogP contribution is 2.30. The van der Waals surface area contributed by atoms with Gasteiger partial charge in [-0.2, -0.15) is 0 Å². The second kappa shape index (κ2) is 6.69. The summed E-state index contributed by atoms with van der Waals surface area (Å²) >= 11 is 1.31. The van der Waals surface area contributed by atoms with Crippen molar-refractivity contribution in [2.24, 2.45) is 0 Å². The molecule has 4 aromatic rings. The molecular weight excluding hydrogens is 364 g/mol. The van der Waals surface area contributed by atoms with Crippen LogP contribution in [-0.4, -0.2) is 22.6 Å². The molecule has 0 spiro atoms. The Kier molecular flexibility index (Phi) is 4.21. The largest absolute Gasteiger partial charge is 0.465 e. The summed E-state index contributed by atoms with van der Waals surface area (Å²) in [4.78, 5) is 40.9. The summed E-state index contributed by atoms with van der Waals surface area (Å²) in [5, 5.41) is 0. The highest BCUT2D eigenvalue weighted by molar-refractivity contribution is 7.22. The van der Waals surface area contributed by atoms with Gasteiger partial charge in [-0.15, -0.1) is 11.3 Å².